The molecule has 0 spiro atoms. The number of para-hydroxylation sites is 1. The van der Waals surface area contributed by atoms with Gasteiger partial charge in [0.25, 0.3) is 0 Å². The monoisotopic (exact) mass is 222 g/mol. The van der Waals surface area contributed by atoms with Crippen LogP contribution in [0.3, 0.4) is 0 Å². The van der Waals surface area contributed by atoms with Crippen LogP contribution in [0.5, 0.6) is 5.75 Å². The van der Waals surface area contributed by atoms with E-state index in [2.05, 4.69) is 6.92 Å². The Morgan fingerprint density at radius 2 is 2.25 bits per heavy atom. The Morgan fingerprint density at radius 3 is 2.75 bits per heavy atom. The molecule has 0 saturated heterocycles. The van der Waals surface area contributed by atoms with Crippen molar-refractivity contribution in [1.29, 1.82) is 0 Å². The van der Waals surface area contributed by atoms with Crippen LogP contribution in [0.1, 0.15) is 31.7 Å². The highest BCUT2D eigenvalue weighted by molar-refractivity contribution is 5.54. The van der Waals surface area contributed by atoms with Crippen molar-refractivity contribution < 1.29 is 9.66 Å². The van der Waals surface area contributed by atoms with Gasteiger partial charge in [-0.3, -0.25) is 10.1 Å². The Balaban J connectivity index is 3.16. The topological polar surface area (TPSA) is 52.4 Å². The summed E-state index contributed by atoms with van der Waals surface area (Å²) in [5.74, 6) is 0.199. The van der Waals surface area contributed by atoms with Gasteiger partial charge in [-0.1, -0.05) is 26.0 Å². The van der Waals surface area contributed by atoms with Gasteiger partial charge in [0, 0.05) is 5.56 Å². The molecular formula is C12H16NO3. The molecule has 0 aromatic heterocycles. The van der Waals surface area contributed by atoms with Gasteiger partial charge in [-0.25, -0.2) is 0 Å². The summed E-state index contributed by atoms with van der Waals surface area (Å²) in [6.07, 6.45) is 0.821. The number of hydrogen-bond acceptors (Lipinski definition) is 3. The van der Waals surface area contributed by atoms with E-state index in [1.54, 1.807) is 18.2 Å². The summed E-state index contributed by atoms with van der Waals surface area (Å²) in [4.78, 5) is 10.6. The number of ether oxygens (including phenoxy) is 1. The number of rotatable bonds is 5. The Morgan fingerprint density at radius 1 is 1.56 bits per heavy atom. The SMILES string of the molecule is [CH2]C(C)c1cccc(OCCC)c1[N+](=O)[O-]. The van der Waals surface area contributed by atoms with Gasteiger partial charge in [-0.2, -0.15) is 0 Å². The average Bonchev–Trinajstić information content (AvgIpc) is 2.25. The largest absolute Gasteiger partial charge is 0.487 e. The van der Waals surface area contributed by atoms with Crippen molar-refractivity contribution in [2.75, 3.05) is 6.61 Å². The Hall–Kier alpha value is -1.58. The van der Waals surface area contributed by atoms with Crippen LogP contribution in [0.25, 0.3) is 0 Å². The maximum Gasteiger partial charge on any atom is 0.314 e. The fraction of sp³-hybridized carbons (Fsp3) is 0.417. The second-order valence-corrected chi connectivity index (χ2v) is 3.70. The van der Waals surface area contributed by atoms with Crippen molar-refractivity contribution in [1.82, 2.24) is 0 Å². The number of nitro groups is 1. The van der Waals surface area contributed by atoms with Crippen LogP contribution < -0.4 is 4.74 Å². The summed E-state index contributed by atoms with van der Waals surface area (Å²) < 4.78 is 5.37. The van der Waals surface area contributed by atoms with Crippen molar-refractivity contribution in [2.24, 2.45) is 0 Å². The lowest BCUT2D eigenvalue weighted by Gasteiger charge is -2.10. The maximum atomic E-state index is 11.0. The summed E-state index contributed by atoms with van der Waals surface area (Å²) in [6, 6.07) is 5.10. The van der Waals surface area contributed by atoms with Crippen molar-refractivity contribution >= 4 is 5.69 Å². The predicted molar refractivity (Wildman–Crippen MR) is 62.7 cm³/mol. The number of nitrogens with zero attached hydrogens (tertiary/aromatic N) is 1. The molecule has 4 heteroatoms. The van der Waals surface area contributed by atoms with Gasteiger partial charge in [0.1, 0.15) is 0 Å². The molecule has 0 N–H and O–H groups in total. The minimum absolute atomic E-state index is 0.0402. The van der Waals surface area contributed by atoms with Crippen LogP contribution in [-0.2, 0) is 0 Å². The molecule has 1 rings (SSSR count). The first-order valence-electron chi connectivity index (χ1n) is 5.31. The maximum absolute atomic E-state index is 11.0. The molecule has 16 heavy (non-hydrogen) atoms. The van der Waals surface area contributed by atoms with Crippen LogP contribution >= 0.6 is 0 Å². The molecule has 1 aromatic carbocycles. The summed E-state index contributed by atoms with van der Waals surface area (Å²) in [7, 11) is 0. The van der Waals surface area contributed by atoms with Gasteiger partial charge in [-0.15, -0.1) is 0 Å². The van der Waals surface area contributed by atoms with E-state index in [0.29, 0.717) is 17.9 Å². The zero-order chi connectivity index (χ0) is 12.1. The van der Waals surface area contributed by atoms with E-state index in [9.17, 15) is 10.1 Å². The van der Waals surface area contributed by atoms with Crippen LogP contribution in [-0.4, -0.2) is 11.5 Å². The molecule has 0 saturated carbocycles. The summed E-state index contributed by atoms with van der Waals surface area (Å²) >= 11 is 0. The van der Waals surface area contributed by atoms with Gasteiger partial charge < -0.3 is 4.74 Å². The number of nitro benzene ring substituents is 1. The van der Waals surface area contributed by atoms with E-state index in [-0.39, 0.29) is 11.6 Å². The normalized spacial score (nSPS) is 10.5. The van der Waals surface area contributed by atoms with E-state index in [1.165, 1.54) is 0 Å². The highest BCUT2D eigenvalue weighted by Crippen LogP contribution is 2.34. The number of hydrogen-bond donors (Lipinski definition) is 0. The highest BCUT2D eigenvalue weighted by Gasteiger charge is 2.22. The van der Waals surface area contributed by atoms with E-state index >= 15 is 0 Å². The fourth-order valence-electron chi connectivity index (χ4n) is 1.46. The quantitative estimate of drug-likeness (QED) is 0.567. The van der Waals surface area contributed by atoms with E-state index < -0.39 is 4.92 Å². The van der Waals surface area contributed by atoms with Gasteiger partial charge in [0.2, 0.25) is 0 Å². The third kappa shape index (κ3) is 2.72. The van der Waals surface area contributed by atoms with Crippen molar-refractivity contribution in [2.45, 2.75) is 26.2 Å². The molecular weight excluding hydrogens is 206 g/mol. The second kappa shape index (κ2) is 5.49. The molecule has 0 heterocycles. The third-order valence-electron chi connectivity index (χ3n) is 2.21. The minimum Gasteiger partial charge on any atom is -0.487 e. The molecule has 4 nitrogen and oxygen atoms in total. The van der Waals surface area contributed by atoms with Crippen LogP contribution in [0, 0.1) is 17.0 Å². The van der Waals surface area contributed by atoms with E-state index in [4.69, 9.17) is 4.74 Å². The van der Waals surface area contributed by atoms with Gasteiger partial charge in [-0.05, 0) is 25.3 Å². The smallest absolute Gasteiger partial charge is 0.314 e. The first kappa shape index (κ1) is 12.5. The molecule has 1 radical (unpaired) electrons. The first-order chi connectivity index (χ1) is 7.57. The van der Waals surface area contributed by atoms with Crippen LogP contribution in [0.4, 0.5) is 5.69 Å². The predicted octanol–water partition coefficient (Wildman–Crippen LogP) is 3.32. The Bertz CT molecular complexity index is 375. The molecule has 1 atom stereocenters. The Kier molecular flexibility index (Phi) is 4.28. The van der Waals surface area contributed by atoms with Crippen LogP contribution in [0.2, 0.25) is 0 Å². The van der Waals surface area contributed by atoms with Gasteiger partial charge in [0.05, 0.1) is 11.5 Å². The zero-order valence-corrected chi connectivity index (χ0v) is 9.60. The molecule has 1 aromatic rings. The van der Waals surface area contributed by atoms with E-state index in [0.717, 1.165) is 6.42 Å². The molecule has 0 bridgehead atoms. The Labute approximate surface area is 95.4 Å². The van der Waals surface area contributed by atoms with E-state index in [1.807, 2.05) is 13.8 Å². The average molecular weight is 222 g/mol. The molecule has 1 unspecified atom stereocenters. The summed E-state index contributed by atoms with van der Waals surface area (Å²) in [5.41, 5.74) is 0.650. The lowest BCUT2D eigenvalue weighted by molar-refractivity contribution is -0.386. The number of benzene rings is 1. The highest BCUT2D eigenvalue weighted by atomic mass is 16.6. The van der Waals surface area contributed by atoms with Gasteiger partial charge in [0.15, 0.2) is 5.75 Å². The first-order valence-corrected chi connectivity index (χ1v) is 5.31. The van der Waals surface area contributed by atoms with Gasteiger partial charge >= 0.3 is 5.69 Å². The minimum atomic E-state index is -0.401. The molecule has 87 valence electrons. The second-order valence-electron chi connectivity index (χ2n) is 3.70. The fourth-order valence-corrected chi connectivity index (χ4v) is 1.46. The molecule has 0 aliphatic rings. The molecule has 0 aliphatic heterocycles. The molecule has 0 amide bonds. The third-order valence-corrected chi connectivity index (χ3v) is 2.21. The van der Waals surface area contributed by atoms with Crippen molar-refractivity contribution in [3.63, 3.8) is 0 Å². The molecule has 0 fully saturated rings. The standard InChI is InChI=1S/C12H16NO3/c1-4-8-16-11-7-5-6-10(9(2)3)12(11)13(14)15/h5-7,9H,2,4,8H2,1,3H3. The van der Waals surface area contributed by atoms with Crippen molar-refractivity contribution in [3.05, 3.63) is 40.8 Å². The lowest BCUT2D eigenvalue weighted by atomic mass is 10.0. The van der Waals surface area contributed by atoms with Crippen LogP contribution in [0.15, 0.2) is 18.2 Å². The molecule has 0 aliphatic carbocycles. The summed E-state index contributed by atoms with van der Waals surface area (Å²) in [5, 5.41) is 11.0. The lowest BCUT2D eigenvalue weighted by Crippen LogP contribution is -2.03. The zero-order valence-electron chi connectivity index (χ0n) is 9.60. The van der Waals surface area contributed by atoms with Crippen molar-refractivity contribution in [3.8, 4) is 5.75 Å². The summed E-state index contributed by atoms with van der Waals surface area (Å²) in [6.45, 7) is 8.08.